The van der Waals surface area contributed by atoms with Gasteiger partial charge in [0.1, 0.15) is 22.2 Å². The van der Waals surface area contributed by atoms with Crippen LogP contribution in [-0.2, 0) is 28.0 Å². The van der Waals surface area contributed by atoms with Crippen LogP contribution in [0.2, 0.25) is 0 Å². The van der Waals surface area contributed by atoms with Gasteiger partial charge in [0.05, 0.1) is 12.8 Å². The fraction of sp³-hybridized carbons (Fsp3) is 0.370. The predicted octanol–water partition coefficient (Wildman–Crippen LogP) is 6.47. The van der Waals surface area contributed by atoms with Gasteiger partial charge in [0.2, 0.25) is 5.91 Å². The third-order valence-electron chi connectivity index (χ3n) is 5.60. The van der Waals surface area contributed by atoms with E-state index in [1.165, 1.54) is 25.3 Å². The topological polar surface area (TPSA) is 76.8 Å². The molecule has 0 radical (unpaired) electrons. The lowest BCUT2D eigenvalue weighted by atomic mass is 10.1. The molecule has 0 fully saturated rings. The number of carbonyl (C=O) groups excluding carboxylic acids is 1. The molecule has 3 rings (SSSR count). The first-order valence-electron chi connectivity index (χ1n) is 12.0. The Morgan fingerprint density at radius 3 is 2.40 bits per heavy atom. The second kappa shape index (κ2) is 13.1. The Morgan fingerprint density at radius 1 is 0.943 bits per heavy atom. The second-order valence-electron chi connectivity index (χ2n) is 8.49. The highest BCUT2D eigenvalue weighted by Gasteiger charge is 2.19. The number of carbonyl (C=O) groups is 1. The van der Waals surface area contributed by atoms with E-state index in [2.05, 4.69) is 6.92 Å². The minimum Gasteiger partial charge on any atom is -0.467 e. The molecule has 0 bridgehead atoms. The maximum Gasteiger partial charge on any atom is 0.339 e. The van der Waals surface area contributed by atoms with Crippen LogP contribution in [0.25, 0.3) is 0 Å². The SMILES string of the molecule is CCCCCCCCC(=O)N(Cc1cccc(OS(=O)(=O)c2ccc(F)cc2)c1)Cc1ccco1. The Morgan fingerprint density at radius 2 is 1.69 bits per heavy atom. The van der Waals surface area contributed by atoms with Crippen LogP contribution in [0.15, 0.2) is 76.2 Å². The lowest BCUT2D eigenvalue weighted by Gasteiger charge is -2.22. The number of furan rings is 1. The molecule has 2 aromatic carbocycles. The number of rotatable bonds is 14. The molecular weight excluding hydrogens is 469 g/mol. The lowest BCUT2D eigenvalue weighted by molar-refractivity contribution is -0.132. The maximum atomic E-state index is 13.1. The molecule has 0 aliphatic rings. The zero-order valence-corrected chi connectivity index (χ0v) is 20.8. The van der Waals surface area contributed by atoms with E-state index in [1.807, 2.05) is 12.1 Å². The van der Waals surface area contributed by atoms with E-state index in [9.17, 15) is 17.6 Å². The number of benzene rings is 2. The van der Waals surface area contributed by atoms with Gasteiger partial charge < -0.3 is 13.5 Å². The van der Waals surface area contributed by atoms with Crippen molar-refractivity contribution < 1.29 is 26.2 Å². The van der Waals surface area contributed by atoms with Crippen LogP contribution in [0.3, 0.4) is 0 Å². The quantitative estimate of drug-likeness (QED) is 0.187. The highest BCUT2D eigenvalue weighted by atomic mass is 32.2. The summed E-state index contributed by atoms with van der Waals surface area (Å²) in [5.74, 6) is 0.274. The number of nitrogens with zero attached hydrogens (tertiary/aromatic N) is 1. The average Bonchev–Trinajstić information content (AvgIpc) is 3.34. The predicted molar refractivity (Wildman–Crippen MR) is 132 cm³/mol. The van der Waals surface area contributed by atoms with E-state index in [1.54, 1.807) is 29.4 Å². The molecule has 1 amide bonds. The summed E-state index contributed by atoms with van der Waals surface area (Å²) in [6.45, 7) is 2.78. The third kappa shape index (κ3) is 8.55. The summed E-state index contributed by atoms with van der Waals surface area (Å²) in [5, 5.41) is 0. The van der Waals surface area contributed by atoms with Gasteiger partial charge in [-0.05, 0) is 60.5 Å². The first-order valence-corrected chi connectivity index (χ1v) is 13.4. The van der Waals surface area contributed by atoms with Crippen molar-refractivity contribution in [2.75, 3.05) is 0 Å². The molecule has 35 heavy (non-hydrogen) atoms. The molecule has 1 aromatic heterocycles. The van der Waals surface area contributed by atoms with Crippen molar-refractivity contribution in [3.05, 3.63) is 84.1 Å². The number of amides is 1. The van der Waals surface area contributed by atoms with Crippen molar-refractivity contribution in [1.82, 2.24) is 4.90 Å². The second-order valence-corrected chi connectivity index (χ2v) is 10.0. The minimum atomic E-state index is -4.12. The minimum absolute atomic E-state index is 0.0159. The monoisotopic (exact) mass is 501 g/mol. The molecule has 1 heterocycles. The lowest BCUT2D eigenvalue weighted by Crippen LogP contribution is -2.29. The molecule has 0 saturated carbocycles. The van der Waals surface area contributed by atoms with Gasteiger partial charge in [-0.15, -0.1) is 0 Å². The fourth-order valence-electron chi connectivity index (χ4n) is 3.73. The van der Waals surface area contributed by atoms with Gasteiger partial charge in [-0.3, -0.25) is 4.79 Å². The van der Waals surface area contributed by atoms with Crippen molar-refractivity contribution in [1.29, 1.82) is 0 Å². The molecule has 8 heteroatoms. The van der Waals surface area contributed by atoms with E-state index >= 15 is 0 Å². The summed E-state index contributed by atoms with van der Waals surface area (Å²) in [5.41, 5.74) is 0.722. The molecule has 0 N–H and O–H groups in total. The van der Waals surface area contributed by atoms with Crippen molar-refractivity contribution in [2.45, 2.75) is 69.9 Å². The molecule has 0 spiro atoms. The van der Waals surface area contributed by atoms with Gasteiger partial charge in [-0.2, -0.15) is 8.42 Å². The molecule has 0 aliphatic heterocycles. The molecule has 0 aliphatic carbocycles. The Labute approximate surface area is 206 Å². The van der Waals surface area contributed by atoms with Crippen LogP contribution >= 0.6 is 0 Å². The molecule has 3 aromatic rings. The van der Waals surface area contributed by atoms with E-state index in [-0.39, 0.29) is 23.1 Å². The normalized spacial score (nSPS) is 11.4. The van der Waals surface area contributed by atoms with Crippen LogP contribution in [-0.4, -0.2) is 19.2 Å². The summed E-state index contributed by atoms with van der Waals surface area (Å²) in [4.78, 5) is 14.6. The first kappa shape index (κ1) is 26.5. The number of hydrogen-bond acceptors (Lipinski definition) is 5. The zero-order chi connectivity index (χ0) is 25.1. The van der Waals surface area contributed by atoms with Crippen molar-refractivity contribution in [3.8, 4) is 5.75 Å². The highest BCUT2D eigenvalue weighted by molar-refractivity contribution is 7.87. The summed E-state index contributed by atoms with van der Waals surface area (Å²) < 4.78 is 49.0. The van der Waals surface area contributed by atoms with Crippen molar-refractivity contribution in [2.24, 2.45) is 0 Å². The Bertz CT molecular complexity index is 1160. The molecular formula is C27H32FNO5S. The molecule has 0 atom stereocenters. The van der Waals surface area contributed by atoms with Crippen LogP contribution in [0.1, 0.15) is 63.2 Å². The van der Waals surface area contributed by atoms with Gasteiger partial charge in [-0.25, -0.2) is 4.39 Å². The van der Waals surface area contributed by atoms with E-state index < -0.39 is 15.9 Å². The van der Waals surface area contributed by atoms with Crippen LogP contribution in [0.4, 0.5) is 4.39 Å². The van der Waals surface area contributed by atoms with E-state index in [0.29, 0.717) is 18.7 Å². The van der Waals surface area contributed by atoms with Gasteiger partial charge in [0.25, 0.3) is 0 Å². The van der Waals surface area contributed by atoms with Crippen LogP contribution in [0.5, 0.6) is 5.75 Å². The van der Waals surface area contributed by atoms with E-state index in [4.69, 9.17) is 8.60 Å². The number of halogens is 1. The average molecular weight is 502 g/mol. The maximum absolute atomic E-state index is 13.1. The number of unbranched alkanes of at least 4 members (excludes halogenated alkanes) is 5. The van der Waals surface area contributed by atoms with Gasteiger partial charge in [0, 0.05) is 13.0 Å². The summed E-state index contributed by atoms with van der Waals surface area (Å²) in [7, 11) is -4.12. The van der Waals surface area contributed by atoms with Crippen molar-refractivity contribution in [3.63, 3.8) is 0 Å². The summed E-state index contributed by atoms with van der Waals surface area (Å²) in [6.07, 6.45) is 8.58. The smallest absolute Gasteiger partial charge is 0.339 e. The number of hydrogen-bond donors (Lipinski definition) is 0. The molecule has 0 saturated heterocycles. The Balaban J connectivity index is 1.67. The highest BCUT2D eigenvalue weighted by Crippen LogP contribution is 2.22. The third-order valence-corrected chi connectivity index (χ3v) is 6.87. The van der Waals surface area contributed by atoms with Gasteiger partial charge >= 0.3 is 10.1 Å². The Hall–Kier alpha value is -3.13. The van der Waals surface area contributed by atoms with Gasteiger partial charge in [0.15, 0.2) is 0 Å². The Kier molecular flexibility index (Phi) is 9.90. The standard InChI is InChI=1S/C27H32FNO5S/c1-2-3-4-5-6-7-13-27(30)29(21-25-12-9-18-33-25)20-22-10-8-11-24(19-22)34-35(31,32)26-16-14-23(28)15-17-26/h8-12,14-19H,2-7,13,20-21H2,1H3. The van der Waals surface area contributed by atoms with Crippen LogP contribution in [0, 0.1) is 5.82 Å². The summed E-state index contributed by atoms with van der Waals surface area (Å²) >= 11 is 0. The van der Waals surface area contributed by atoms with Crippen LogP contribution < -0.4 is 4.18 Å². The zero-order valence-electron chi connectivity index (χ0n) is 20.0. The van der Waals surface area contributed by atoms with E-state index in [0.717, 1.165) is 49.1 Å². The molecule has 0 unspecified atom stereocenters. The largest absolute Gasteiger partial charge is 0.467 e. The van der Waals surface area contributed by atoms with Gasteiger partial charge in [-0.1, -0.05) is 51.2 Å². The molecule has 188 valence electrons. The summed E-state index contributed by atoms with van der Waals surface area (Å²) in [6, 6.07) is 14.6. The fourth-order valence-corrected chi connectivity index (χ4v) is 4.65. The molecule has 6 nitrogen and oxygen atoms in total. The van der Waals surface area contributed by atoms with Crippen molar-refractivity contribution >= 4 is 16.0 Å². The first-order chi connectivity index (χ1) is 16.9.